The Balaban J connectivity index is 1.60. The molecule has 0 unspecified atom stereocenters. The average Bonchev–Trinajstić information content (AvgIpc) is 3.35. The molecule has 7 heteroatoms. The number of ether oxygens (including phenoxy) is 2. The Labute approximate surface area is 162 Å². The minimum atomic E-state index is -0.907. The lowest BCUT2D eigenvalue weighted by atomic mass is 9.98. The number of carboxylic acid groups (broad SMARTS) is 1. The first kappa shape index (κ1) is 18.0. The number of carboxylic acids is 1. The highest BCUT2D eigenvalue weighted by molar-refractivity contribution is 6.03. The molecule has 2 aliphatic heterocycles. The fourth-order valence-electron chi connectivity index (χ4n) is 3.43. The highest BCUT2D eigenvalue weighted by Gasteiger charge is 2.33. The average molecular weight is 380 g/mol. The first-order valence-corrected chi connectivity index (χ1v) is 9.18. The first-order valence-electron chi connectivity index (χ1n) is 9.18. The molecule has 144 valence electrons. The Bertz CT molecular complexity index is 926. The van der Waals surface area contributed by atoms with Crippen molar-refractivity contribution in [2.24, 2.45) is 5.10 Å². The van der Waals surface area contributed by atoms with Gasteiger partial charge in [0.15, 0.2) is 11.5 Å². The van der Waals surface area contributed by atoms with Gasteiger partial charge in [-0.2, -0.15) is 5.10 Å². The number of nitrogens with zero attached hydrogens (tertiary/aromatic N) is 2. The van der Waals surface area contributed by atoms with Gasteiger partial charge in [0.05, 0.1) is 11.8 Å². The van der Waals surface area contributed by atoms with Gasteiger partial charge in [-0.1, -0.05) is 36.4 Å². The molecule has 2 aromatic carbocycles. The summed E-state index contributed by atoms with van der Waals surface area (Å²) in [6.45, 7) is 0.188. The topological polar surface area (TPSA) is 88.4 Å². The molecule has 0 fully saturated rings. The summed E-state index contributed by atoms with van der Waals surface area (Å²) in [7, 11) is 0. The number of hydrogen-bond donors (Lipinski definition) is 1. The van der Waals surface area contributed by atoms with Gasteiger partial charge in [-0.05, 0) is 29.7 Å². The Morgan fingerprint density at radius 3 is 2.64 bits per heavy atom. The molecule has 7 nitrogen and oxygen atoms in total. The fourth-order valence-corrected chi connectivity index (χ4v) is 3.43. The second-order valence-corrected chi connectivity index (χ2v) is 6.73. The fraction of sp³-hybridized carbons (Fsp3) is 0.286. The molecular formula is C21H20N2O5. The number of benzene rings is 2. The quantitative estimate of drug-likeness (QED) is 0.830. The number of carbonyl (C=O) groups is 2. The van der Waals surface area contributed by atoms with Crippen LogP contribution in [0.25, 0.3) is 0 Å². The van der Waals surface area contributed by atoms with Crippen LogP contribution in [0.3, 0.4) is 0 Å². The normalized spacial score (nSPS) is 17.5. The molecular weight excluding hydrogens is 360 g/mol. The number of fused-ring (bicyclic) bond motifs is 1. The van der Waals surface area contributed by atoms with Crippen LogP contribution in [-0.4, -0.2) is 34.5 Å². The van der Waals surface area contributed by atoms with E-state index in [1.807, 2.05) is 48.5 Å². The van der Waals surface area contributed by atoms with Gasteiger partial charge in [0.25, 0.3) is 0 Å². The van der Waals surface area contributed by atoms with Gasteiger partial charge in [0.1, 0.15) is 0 Å². The van der Waals surface area contributed by atoms with E-state index in [9.17, 15) is 9.59 Å². The van der Waals surface area contributed by atoms with Gasteiger partial charge in [0, 0.05) is 19.3 Å². The summed E-state index contributed by atoms with van der Waals surface area (Å²) in [6.07, 6.45) is 0.964. The Morgan fingerprint density at radius 2 is 1.86 bits per heavy atom. The zero-order valence-electron chi connectivity index (χ0n) is 15.2. The maximum absolute atomic E-state index is 12.8. The summed E-state index contributed by atoms with van der Waals surface area (Å²) in [4.78, 5) is 23.5. The standard InChI is InChI=1S/C21H20N2O5/c24-20(7-4-8-21(25)26)23-17(12-16(22-23)14-5-2-1-3-6-14)15-9-10-18-19(11-15)28-13-27-18/h1-3,5-6,9-11,17H,4,7-8,12-13H2,(H,25,26)/t17-/m1/s1. The minimum Gasteiger partial charge on any atom is -0.481 e. The lowest BCUT2D eigenvalue weighted by molar-refractivity contribution is -0.137. The number of amides is 1. The summed E-state index contributed by atoms with van der Waals surface area (Å²) in [5, 5.41) is 14.9. The molecule has 2 heterocycles. The van der Waals surface area contributed by atoms with Crippen LogP contribution in [0.15, 0.2) is 53.6 Å². The molecule has 0 saturated carbocycles. The lowest BCUT2D eigenvalue weighted by Gasteiger charge is -2.22. The molecule has 0 radical (unpaired) electrons. The summed E-state index contributed by atoms with van der Waals surface area (Å²) >= 11 is 0. The van der Waals surface area contributed by atoms with E-state index in [1.54, 1.807) is 0 Å². The number of hydrazone groups is 1. The van der Waals surface area contributed by atoms with Crippen LogP contribution >= 0.6 is 0 Å². The maximum Gasteiger partial charge on any atom is 0.303 e. The van der Waals surface area contributed by atoms with Crippen LogP contribution in [0.2, 0.25) is 0 Å². The largest absolute Gasteiger partial charge is 0.481 e. The van der Waals surface area contributed by atoms with E-state index in [1.165, 1.54) is 5.01 Å². The van der Waals surface area contributed by atoms with Crippen LogP contribution in [0.1, 0.15) is 42.9 Å². The van der Waals surface area contributed by atoms with Crippen LogP contribution in [-0.2, 0) is 9.59 Å². The molecule has 1 amide bonds. The second-order valence-electron chi connectivity index (χ2n) is 6.73. The highest BCUT2D eigenvalue weighted by atomic mass is 16.7. The van der Waals surface area contributed by atoms with Crippen molar-refractivity contribution in [2.45, 2.75) is 31.7 Å². The molecule has 0 saturated heterocycles. The van der Waals surface area contributed by atoms with Crippen LogP contribution < -0.4 is 9.47 Å². The molecule has 2 aliphatic rings. The third-order valence-corrected chi connectivity index (χ3v) is 4.84. The maximum atomic E-state index is 12.8. The van der Waals surface area contributed by atoms with Gasteiger partial charge < -0.3 is 14.6 Å². The third kappa shape index (κ3) is 3.69. The third-order valence-electron chi connectivity index (χ3n) is 4.84. The Hall–Kier alpha value is -3.35. The van der Waals surface area contributed by atoms with Crippen molar-refractivity contribution in [1.29, 1.82) is 0 Å². The number of hydrogen-bond acceptors (Lipinski definition) is 5. The summed E-state index contributed by atoms with van der Waals surface area (Å²) in [6, 6.07) is 15.1. The van der Waals surface area contributed by atoms with Crippen molar-refractivity contribution >= 4 is 17.6 Å². The smallest absolute Gasteiger partial charge is 0.303 e. The van der Waals surface area contributed by atoms with Crippen molar-refractivity contribution in [3.63, 3.8) is 0 Å². The minimum absolute atomic E-state index is 0.0382. The van der Waals surface area contributed by atoms with Gasteiger partial charge >= 0.3 is 5.97 Å². The Kier molecular flexibility index (Phi) is 4.97. The van der Waals surface area contributed by atoms with E-state index in [-0.39, 0.29) is 38.0 Å². The first-order chi connectivity index (χ1) is 13.6. The SMILES string of the molecule is O=C(O)CCCC(=O)N1N=C(c2ccccc2)C[C@@H]1c1ccc2c(c1)OCO2. The molecule has 2 aromatic rings. The van der Waals surface area contributed by atoms with Crippen molar-refractivity contribution in [3.8, 4) is 11.5 Å². The summed E-state index contributed by atoms with van der Waals surface area (Å²) in [5.41, 5.74) is 2.70. The molecule has 0 aliphatic carbocycles. The van der Waals surface area contributed by atoms with Gasteiger partial charge in [-0.25, -0.2) is 5.01 Å². The molecule has 0 bridgehead atoms. The predicted octanol–water partition coefficient (Wildman–Crippen LogP) is 3.35. The van der Waals surface area contributed by atoms with Crippen molar-refractivity contribution < 1.29 is 24.2 Å². The Morgan fingerprint density at radius 1 is 1.07 bits per heavy atom. The zero-order valence-corrected chi connectivity index (χ0v) is 15.2. The number of aliphatic carboxylic acids is 1. The van der Waals surface area contributed by atoms with Crippen LogP contribution in [0.4, 0.5) is 0 Å². The lowest BCUT2D eigenvalue weighted by Crippen LogP contribution is -2.27. The van der Waals surface area contributed by atoms with Crippen molar-refractivity contribution in [3.05, 3.63) is 59.7 Å². The zero-order chi connectivity index (χ0) is 19.5. The van der Waals surface area contributed by atoms with Crippen molar-refractivity contribution in [1.82, 2.24) is 5.01 Å². The molecule has 28 heavy (non-hydrogen) atoms. The predicted molar refractivity (Wildman–Crippen MR) is 101 cm³/mol. The van der Waals surface area contributed by atoms with E-state index in [4.69, 9.17) is 14.6 Å². The summed E-state index contributed by atoms with van der Waals surface area (Å²) < 4.78 is 10.8. The van der Waals surface area contributed by atoms with E-state index >= 15 is 0 Å². The van der Waals surface area contributed by atoms with Crippen LogP contribution in [0.5, 0.6) is 11.5 Å². The number of carbonyl (C=O) groups excluding carboxylic acids is 1. The monoisotopic (exact) mass is 380 g/mol. The van der Waals surface area contributed by atoms with Gasteiger partial charge in [0.2, 0.25) is 12.7 Å². The van der Waals surface area contributed by atoms with E-state index in [0.717, 1.165) is 16.8 Å². The van der Waals surface area contributed by atoms with Crippen molar-refractivity contribution in [2.75, 3.05) is 6.79 Å². The van der Waals surface area contributed by atoms with Gasteiger partial charge in [-0.15, -0.1) is 0 Å². The second kappa shape index (κ2) is 7.72. The number of rotatable bonds is 6. The van der Waals surface area contributed by atoms with Crippen LogP contribution in [0, 0.1) is 0 Å². The molecule has 4 rings (SSSR count). The van der Waals surface area contributed by atoms with E-state index in [2.05, 4.69) is 5.10 Å². The molecule has 1 atom stereocenters. The highest BCUT2D eigenvalue weighted by Crippen LogP contribution is 2.39. The molecule has 0 spiro atoms. The molecule has 0 aromatic heterocycles. The van der Waals surface area contributed by atoms with E-state index < -0.39 is 5.97 Å². The van der Waals surface area contributed by atoms with Gasteiger partial charge in [-0.3, -0.25) is 9.59 Å². The molecule has 1 N–H and O–H groups in total. The summed E-state index contributed by atoms with van der Waals surface area (Å²) in [5.74, 6) is 0.249. The van der Waals surface area contributed by atoms with E-state index in [0.29, 0.717) is 17.9 Å².